The van der Waals surface area contributed by atoms with Crippen LogP contribution in [-0.4, -0.2) is 39.6 Å². The van der Waals surface area contributed by atoms with E-state index in [-0.39, 0.29) is 12.1 Å². The SMILES string of the molecule is CO[C@@H]1CC(c2ncc[nH]2)N(Cc2nc(C)c(C)o2)C1. The van der Waals surface area contributed by atoms with E-state index in [1.54, 1.807) is 13.3 Å². The normalized spacial score (nSPS) is 23.6. The number of rotatable bonds is 4. The molecule has 3 rings (SSSR count). The number of imidazole rings is 1. The van der Waals surface area contributed by atoms with Crippen LogP contribution in [0.3, 0.4) is 0 Å². The predicted octanol–water partition coefficient (Wildman–Crippen LogP) is 1.98. The van der Waals surface area contributed by atoms with E-state index in [1.807, 2.05) is 20.0 Å². The van der Waals surface area contributed by atoms with E-state index in [0.29, 0.717) is 6.54 Å². The highest BCUT2D eigenvalue weighted by molar-refractivity contribution is 5.07. The average molecular weight is 276 g/mol. The maximum Gasteiger partial charge on any atom is 0.208 e. The number of hydrogen-bond donors (Lipinski definition) is 1. The molecule has 1 aliphatic rings. The van der Waals surface area contributed by atoms with Gasteiger partial charge in [0.15, 0.2) is 0 Å². The summed E-state index contributed by atoms with van der Waals surface area (Å²) < 4.78 is 11.2. The van der Waals surface area contributed by atoms with Crippen LogP contribution in [0.1, 0.15) is 35.6 Å². The Labute approximate surface area is 118 Å². The number of ether oxygens (including phenoxy) is 1. The van der Waals surface area contributed by atoms with Crippen LogP contribution < -0.4 is 0 Å². The number of aryl methyl sites for hydroxylation is 2. The van der Waals surface area contributed by atoms with E-state index >= 15 is 0 Å². The summed E-state index contributed by atoms with van der Waals surface area (Å²) >= 11 is 0. The molecule has 2 aromatic rings. The van der Waals surface area contributed by atoms with Crippen molar-refractivity contribution in [1.82, 2.24) is 19.9 Å². The largest absolute Gasteiger partial charge is 0.444 e. The third-order valence-corrected chi connectivity index (χ3v) is 3.94. The molecular formula is C14H20N4O2. The van der Waals surface area contributed by atoms with Crippen molar-refractivity contribution in [3.05, 3.63) is 35.6 Å². The first-order valence-corrected chi connectivity index (χ1v) is 6.86. The van der Waals surface area contributed by atoms with Crippen molar-refractivity contribution in [1.29, 1.82) is 0 Å². The number of methoxy groups -OCH3 is 1. The zero-order chi connectivity index (χ0) is 14.1. The van der Waals surface area contributed by atoms with Gasteiger partial charge in [0, 0.05) is 26.0 Å². The molecule has 0 saturated carbocycles. The number of nitrogens with zero attached hydrogens (tertiary/aromatic N) is 3. The van der Waals surface area contributed by atoms with Crippen molar-refractivity contribution in [3.8, 4) is 0 Å². The van der Waals surface area contributed by atoms with Gasteiger partial charge in [-0.1, -0.05) is 0 Å². The minimum atomic E-state index is 0.224. The summed E-state index contributed by atoms with van der Waals surface area (Å²) in [5.74, 6) is 2.62. The molecule has 0 bridgehead atoms. The lowest BCUT2D eigenvalue weighted by Gasteiger charge is -2.20. The lowest BCUT2D eigenvalue weighted by atomic mass is 10.2. The molecule has 1 aliphatic heterocycles. The average Bonchev–Trinajstić information content (AvgIpc) is 3.11. The summed E-state index contributed by atoms with van der Waals surface area (Å²) in [6.07, 6.45) is 4.80. The van der Waals surface area contributed by atoms with Crippen molar-refractivity contribution in [2.75, 3.05) is 13.7 Å². The highest BCUT2D eigenvalue weighted by atomic mass is 16.5. The van der Waals surface area contributed by atoms with Gasteiger partial charge in [0.2, 0.25) is 5.89 Å². The van der Waals surface area contributed by atoms with Crippen LogP contribution in [0.4, 0.5) is 0 Å². The van der Waals surface area contributed by atoms with Gasteiger partial charge in [0.05, 0.1) is 24.4 Å². The van der Waals surface area contributed by atoms with Crippen molar-refractivity contribution >= 4 is 0 Å². The summed E-state index contributed by atoms with van der Waals surface area (Å²) in [5, 5.41) is 0. The molecule has 1 saturated heterocycles. The second-order valence-corrected chi connectivity index (χ2v) is 5.26. The molecule has 0 radical (unpaired) electrons. The van der Waals surface area contributed by atoms with Crippen molar-refractivity contribution in [2.24, 2.45) is 0 Å². The van der Waals surface area contributed by atoms with Crippen molar-refractivity contribution in [2.45, 2.75) is 39.0 Å². The van der Waals surface area contributed by atoms with Gasteiger partial charge in [-0.05, 0) is 20.3 Å². The molecule has 6 nitrogen and oxygen atoms in total. The molecule has 2 aromatic heterocycles. The Morgan fingerprint density at radius 3 is 2.95 bits per heavy atom. The molecule has 20 heavy (non-hydrogen) atoms. The second kappa shape index (κ2) is 5.38. The summed E-state index contributed by atoms with van der Waals surface area (Å²) in [4.78, 5) is 14.3. The fourth-order valence-electron chi connectivity index (χ4n) is 2.73. The van der Waals surface area contributed by atoms with Gasteiger partial charge in [-0.25, -0.2) is 9.97 Å². The molecular weight excluding hydrogens is 256 g/mol. The lowest BCUT2D eigenvalue weighted by Crippen LogP contribution is -2.25. The number of hydrogen-bond acceptors (Lipinski definition) is 5. The molecule has 0 spiro atoms. The molecule has 0 amide bonds. The highest BCUT2D eigenvalue weighted by Crippen LogP contribution is 2.32. The third-order valence-electron chi connectivity index (χ3n) is 3.94. The van der Waals surface area contributed by atoms with Gasteiger partial charge in [-0.15, -0.1) is 0 Å². The Morgan fingerprint density at radius 2 is 2.35 bits per heavy atom. The summed E-state index contributed by atoms with van der Waals surface area (Å²) in [6, 6.07) is 0.225. The number of likely N-dealkylation sites (tertiary alicyclic amines) is 1. The van der Waals surface area contributed by atoms with Crippen LogP contribution in [0.5, 0.6) is 0 Å². The number of aromatic nitrogens is 3. The van der Waals surface area contributed by atoms with Gasteiger partial charge in [-0.2, -0.15) is 0 Å². The Kier molecular flexibility index (Phi) is 3.58. The van der Waals surface area contributed by atoms with Crippen molar-refractivity contribution < 1.29 is 9.15 Å². The standard InChI is InChI=1S/C14H20N4O2/c1-9-10(2)20-13(17-9)8-18-7-11(19-3)6-12(18)14-15-4-5-16-14/h4-5,11-12H,6-8H2,1-3H3,(H,15,16)/t11-,12?/m1/s1. The minimum Gasteiger partial charge on any atom is -0.444 e. The van der Waals surface area contributed by atoms with Crippen LogP contribution in [0.25, 0.3) is 0 Å². The van der Waals surface area contributed by atoms with Crippen LogP contribution in [0, 0.1) is 13.8 Å². The maximum atomic E-state index is 5.69. The first-order chi connectivity index (χ1) is 9.67. The summed E-state index contributed by atoms with van der Waals surface area (Å²) in [5.41, 5.74) is 0.956. The monoisotopic (exact) mass is 276 g/mol. The van der Waals surface area contributed by atoms with Crippen LogP contribution >= 0.6 is 0 Å². The van der Waals surface area contributed by atoms with Crippen LogP contribution in [0.2, 0.25) is 0 Å². The Morgan fingerprint density at radius 1 is 1.50 bits per heavy atom. The molecule has 0 aliphatic carbocycles. The maximum absolute atomic E-state index is 5.69. The van der Waals surface area contributed by atoms with Crippen molar-refractivity contribution in [3.63, 3.8) is 0 Å². The van der Waals surface area contributed by atoms with Crippen LogP contribution in [-0.2, 0) is 11.3 Å². The zero-order valence-electron chi connectivity index (χ0n) is 12.1. The quantitative estimate of drug-likeness (QED) is 0.924. The molecule has 108 valence electrons. The first kappa shape index (κ1) is 13.3. The van der Waals surface area contributed by atoms with Gasteiger partial charge in [-0.3, -0.25) is 4.90 Å². The molecule has 3 heterocycles. The van der Waals surface area contributed by atoms with E-state index in [0.717, 1.165) is 36.1 Å². The van der Waals surface area contributed by atoms with E-state index in [2.05, 4.69) is 19.9 Å². The third kappa shape index (κ3) is 2.48. The van der Waals surface area contributed by atoms with Gasteiger partial charge < -0.3 is 14.1 Å². The van der Waals surface area contributed by atoms with Gasteiger partial charge in [0.25, 0.3) is 0 Å². The Balaban J connectivity index is 1.78. The Hall–Kier alpha value is -1.66. The van der Waals surface area contributed by atoms with E-state index in [4.69, 9.17) is 9.15 Å². The van der Waals surface area contributed by atoms with Gasteiger partial charge >= 0.3 is 0 Å². The topological polar surface area (TPSA) is 67.2 Å². The number of H-pyrrole nitrogens is 1. The van der Waals surface area contributed by atoms with E-state index < -0.39 is 0 Å². The molecule has 6 heteroatoms. The number of oxazole rings is 1. The molecule has 1 unspecified atom stereocenters. The number of nitrogens with one attached hydrogen (secondary N) is 1. The minimum absolute atomic E-state index is 0.224. The van der Waals surface area contributed by atoms with Crippen LogP contribution in [0.15, 0.2) is 16.8 Å². The number of aromatic amines is 1. The predicted molar refractivity (Wildman–Crippen MR) is 73.1 cm³/mol. The van der Waals surface area contributed by atoms with Gasteiger partial charge in [0.1, 0.15) is 11.6 Å². The zero-order valence-corrected chi connectivity index (χ0v) is 12.1. The molecule has 1 N–H and O–H groups in total. The lowest BCUT2D eigenvalue weighted by molar-refractivity contribution is 0.106. The molecule has 1 fully saturated rings. The highest BCUT2D eigenvalue weighted by Gasteiger charge is 2.35. The van der Waals surface area contributed by atoms with E-state index in [9.17, 15) is 0 Å². The summed E-state index contributed by atoms with van der Waals surface area (Å²) in [7, 11) is 1.76. The smallest absolute Gasteiger partial charge is 0.208 e. The second-order valence-electron chi connectivity index (χ2n) is 5.26. The first-order valence-electron chi connectivity index (χ1n) is 6.86. The summed E-state index contributed by atoms with van der Waals surface area (Å²) in [6.45, 7) is 5.45. The molecule has 2 atom stereocenters. The fraction of sp³-hybridized carbons (Fsp3) is 0.571. The van der Waals surface area contributed by atoms with E-state index in [1.165, 1.54) is 0 Å². The Bertz CT molecular complexity index is 544. The fourth-order valence-corrected chi connectivity index (χ4v) is 2.73. The molecule has 0 aromatic carbocycles.